The van der Waals surface area contributed by atoms with E-state index in [9.17, 15) is 14.7 Å². The molecule has 15 heavy (non-hydrogen) atoms. The van der Waals surface area contributed by atoms with Crippen LogP contribution in [0, 0.1) is 6.92 Å². The number of aryl methyl sites for hydroxylation is 1. The van der Waals surface area contributed by atoms with Gasteiger partial charge in [-0.15, -0.1) is 0 Å². The van der Waals surface area contributed by atoms with Crippen LogP contribution in [-0.4, -0.2) is 23.5 Å². The summed E-state index contributed by atoms with van der Waals surface area (Å²) in [7, 11) is 0. The normalized spacial score (nSPS) is 9.73. The average molecular weight is 208 g/mol. The molecule has 4 heteroatoms. The van der Waals surface area contributed by atoms with Crippen LogP contribution in [0.3, 0.4) is 0 Å². The van der Waals surface area contributed by atoms with Gasteiger partial charge in [-0.3, -0.25) is 4.79 Å². The molecule has 0 aliphatic rings. The third-order valence-electron chi connectivity index (χ3n) is 1.86. The molecular formula is C11H12O4. The van der Waals surface area contributed by atoms with E-state index in [1.165, 1.54) is 12.1 Å². The fourth-order valence-electron chi connectivity index (χ4n) is 1.14. The molecule has 0 heterocycles. The van der Waals surface area contributed by atoms with E-state index in [2.05, 4.69) is 4.74 Å². The van der Waals surface area contributed by atoms with Gasteiger partial charge in [0.1, 0.15) is 5.75 Å². The smallest absolute Gasteiger partial charge is 0.379 e. The first-order valence-electron chi connectivity index (χ1n) is 4.57. The van der Waals surface area contributed by atoms with Crippen molar-refractivity contribution in [1.29, 1.82) is 0 Å². The number of benzene rings is 1. The summed E-state index contributed by atoms with van der Waals surface area (Å²) in [6.45, 7) is 3.52. The number of Topliss-reactive ketones (excluding diaryl/α,β-unsaturated/α-hetero) is 1. The maximum absolute atomic E-state index is 11.4. The van der Waals surface area contributed by atoms with Gasteiger partial charge in [0.15, 0.2) is 0 Å². The van der Waals surface area contributed by atoms with E-state index in [0.717, 1.165) is 5.56 Å². The summed E-state index contributed by atoms with van der Waals surface area (Å²) in [6.07, 6.45) is 0. The van der Waals surface area contributed by atoms with E-state index >= 15 is 0 Å². The molecule has 1 aromatic rings. The van der Waals surface area contributed by atoms with Gasteiger partial charge in [-0.05, 0) is 31.5 Å². The molecule has 0 atom stereocenters. The Morgan fingerprint density at radius 1 is 1.40 bits per heavy atom. The topological polar surface area (TPSA) is 63.6 Å². The molecule has 0 aliphatic heterocycles. The van der Waals surface area contributed by atoms with Gasteiger partial charge in [0.05, 0.1) is 12.2 Å². The molecule has 0 amide bonds. The van der Waals surface area contributed by atoms with Crippen molar-refractivity contribution >= 4 is 11.8 Å². The molecule has 0 unspecified atom stereocenters. The standard InChI is InChI=1S/C11H12O4/c1-3-15-11(14)10(13)8-5-4-7(2)6-9(8)12/h4-6,12H,3H2,1-2H3. The molecule has 0 aliphatic carbocycles. The summed E-state index contributed by atoms with van der Waals surface area (Å²) in [5.74, 6) is -1.97. The van der Waals surface area contributed by atoms with Gasteiger partial charge >= 0.3 is 5.97 Å². The number of ether oxygens (including phenoxy) is 1. The average Bonchev–Trinajstić information content (AvgIpc) is 2.17. The van der Waals surface area contributed by atoms with Crippen LogP contribution in [0.15, 0.2) is 18.2 Å². The Balaban J connectivity index is 2.96. The number of carbonyl (C=O) groups is 2. The number of esters is 1. The molecule has 0 saturated carbocycles. The highest BCUT2D eigenvalue weighted by molar-refractivity contribution is 6.41. The van der Waals surface area contributed by atoms with Gasteiger partial charge in [-0.25, -0.2) is 4.79 Å². The number of carbonyl (C=O) groups excluding carboxylic acids is 2. The second-order valence-electron chi connectivity index (χ2n) is 3.07. The third kappa shape index (κ3) is 2.56. The quantitative estimate of drug-likeness (QED) is 0.464. The van der Waals surface area contributed by atoms with Gasteiger partial charge in [0.25, 0.3) is 5.78 Å². The van der Waals surface area contributed by atoms with Crippen molar-refractivity contribution < 1.29 is 19.4 Å². The van der Waals surface area contributed by atoms with E-state index in [1.807, 2.05) is 0 Å². The van der Waals surface area contributed by atoms with Crippen LogP contribution in [0.5, 0.6) is 5.75 Å². The molecule has 0 fully saturated rings. The number of hydrogen-bond donors (Lipinski definition) is 1. The first-order chi connectivity index (χ1) is 7.06. The van der Waals surface area contributed by atoms with Crippen molar-refractivity contribution in [2.45, 2.75) is 13.8 Å². The third-order valence-corrected chi connectivity index (χ3v) is 1.86. The zero-order valence-electron chi connectivity index (χ0n) is 8.61. The minimum absolute atomic E-state index is 0.0287. The molecule has 0 bridgehead atoms. The Labute approximate surface area is 87.5 Å². The summed E-state index contributed by atoms with van der Waals surface area (Å²) < 4.78 is 4.54. The highest BCUT2D eigenvalue weighted by Gasteiger charge is 2.20. The summed E-state index contributed by atoms with van der Waals surface area (Å²) in [4.78, 5) is 22.5. The maximum atomic E-state index is 11.4. The van der Waals surface area contributed by atoms with Gasteiger partial charge in [-0.1, -0.05) is 6.07 Å². The number of hydrogen-bond acceptors (Lipinski definition) is 4. The molecule has 80 valence electrons. The molecule has 0 saturated heterocycles. The lowest BCUT2D eigenvalue weighted by molar-refractivity contribution is -0.137. The lowest BCUT2D eigenvalue weighted by Crippen LogP contribution is -2.17. The largest absolute Gasteiger partial charge is 0.507 e. The van der Waals surface area contributed by atoms with Crippen molar-refractivity contribution in [3.63, 3.8) is 0 Å². The van der Waals surface area contributed by atoms with Gasteiger partial charge in [0, 0.05) is 0 Å². The Bertz CT molecular complexity index is 396. The summed E-state index contributed by atoms with van der Waals surface area (Å²) in [6, 6.07) is 4.47. The summed E-state index contributed by atoms with van der Waals surface area (Å²) in [5, 5.41) is 9.45. The Morgan fingerprint density at radius 3 is 2.60 bits per heavy atom. The highest BCUT2D eigenvalue weighted by atomic mass is 16.5. The monoisotopic (exact) mass is 208 g/mol. The van der Waals surface area contributed by atoms with Crippen LogP contribution in [-0.2, 0) is 9.53 Å². The highest BCUT2D eigenvalue weighted by Crippen LogP contribution is 2.19. The van der Waals surface area contributed by atoms with Crippen LogP contribution < -0.4 is 0 Å². The summed E-state index contributed by atoms with van der Waals surface area (Å²) >= 11 is 0. The minimum atomic E-state index is -0.948. The number of aromatic hydroxyl groups is 1. The van der Waals surface area contributed by atoms with E-state index in [-0.39, 0.29) is 17.9 Å². The zero-order chi connectivity index (χ0) is 11.4. The van der Waals surface area contributed by atoms with E-state index in [4.69, 9.17) is 0 Å². The predicted octanol–water partition coefficient (Wildman–Crippen LogP) is 1.45. The van der Waals surface area contributed by atoms with Crippen molar-refractivity contribution in [3.05, 3.63) is 29.3 Å². The van der Waals surface area contributed by atoms with Crippen LogP contribution in [0.25, 0.3) is 0 Å². The molecule has 0 spiro atoms. The van der Waals surface area contributed by atoms with E-state index in [0.29, 0.717) is 0 Å². The molecule has 1 N–H and O–H groups in total. The first kappa shape index (κ1) is 11.2. The predicted molar refractivity (Wildman–Crippen MR) is 53.8 cm³/mol. The first-order valence-corrected chi connectivity index (χ1v) is 4.57. The van der Waals surface area contributed by atoms with Crippen LogP contribution >= 0.6 is 0 Å². The van der Waals surface area contributed by atoms with Crippen molar-refractivity contribution in [1.82, 2.24) is 0 Å². The Hall–Kier alpha value is -1.84. The minimum Gasteiger partial charge on any atom is -0.507 e. The number of phenolic OH excluding ortho intramolecular Hbond substituents is 1. The molecule has 1 rings (SSSR count). The molecule has 4 nitrogen and oxygen atoms in total. The molecule has 0 radical (unpaired) electrons. The van der Waals surface area contributed by atoms with Crippen LogP contribution in [0.1, 0.15) is 22.8 Å². The lowest BCUT2D eigenvalue weighted by atomic mass is 10.1. The molecule has 1 aromatic carbocycles. The van der Waals surface area contributed by atoms with E-state index < -0.39 is 11.8 Å². The zero-order valence-corrected chi connectivity index (χ0v) is 8.61. The Kier molecular flexibility index (Phi) is 3.44. The number of phenols is 1. The SMILES string of the molecule is CCOC(=O)C(=O)c1ccc(C)cc1O. The number of ketones is 1. The van der Waals surface area contributed by atoms with Crippen LogP contribution in [0.4, 0.5) is 0 Å². The summed E-state index contributed by atoms with van der Waals surface area (Å²) in [5.41, 5.74) is 0.784. The fraction of sp³-hybridized carbons (Fsp3) is 0.273. The van der Waals surface area contributed by atoms with Gasteiger partial charge < -0.3 is 9.84 Å². The van der Waals surface area contributed by atoms with E-state index in [1.54, 1.807) is 19.9 Å². The maximum Gasteiger partial charge on any atom is 0.379 e. The van der Waals surface area contributed by atoms with Gasteiger partial charge in [-0.2, -0.15) is 0 Å². The second-order valence-corrected chi connectivity index (χ2v) is 3.07. The molecular weight excluding hydrogens is 196 g/mol. The van der Waals surface area contributed by atoms with Crippen molar-refractivity contribution in [2.24, 2.45) is 0 Å². The van der Waals surface area contributed by atoms with Crippen molar-refractivity contribution in [3.8, 4) is 5.75 Å². The Morgan fingerprint density at radius 2 is 2.07 bits per heavy atom. The van der Waals surface area contributed by atoms with Crippen molar-refractivity contribution in [2.75, 3.05) is 6.61 Å². The molecule has 0 aromatic heterocycles. The van der Waals surface area contributed by atoms with Gasteiger partial charge in [0.2, 0.25) is 0 Å². The second kappa shape index (κ2) is 4.59. The lowest BCUT2D eigenvalue weighted by Gasteiger charge is -2.03. The van der Waals surface area contributed by atoms with Crippen LogP contribution in [0.2, 0.25) is 0 Å². The number of rotatable bonds is 3. The fourth-order valence-corrected chi connectivity index (χ4v) is 1.14.